The average Bonchev–Trinajstić information content (AvgIpc) is 3.01. The fourth-order valence-corrected chi connectivity index (χ4v) is 3.34. The molecular weight excluding hydrogens is 379 g/mol. The number of halogens is 2. The molecule has 0 atom stereocenters. The second-order valence-corrected chi connectivity index (χ2v) is 7.21. The minimum Gasteiger partial charge on any atom is -0.320 e. The summed E-state index contributed by atoms with van der Waals surface area (Å²) in [6.07, 6.45) is 0.625. The molecule has 0 bridgehead atoms. The number of para-hydroxylation sites is 2. The van der Waals surface area contributed by atoms with Gasteiger partial charge in [0.1, 0.15) is 5.82 Å². The van der Waals surface area contributed by atoms with Crippen LogP contribution in [-0.2, 0) is 13.0 Å². The van der Waals surface area contributed by atoms with Crippen molar-refractivity contribution in [1.82, 2.24) is 9.55 Å². The van der Waals surface area contributed by atoms with Crippen molar-refractivity contribution < 1.29 is 4.79 Å². The van der Waals surface area contributed by atoms with E-state index >= 15 is 0 Å². The Morgan fingerprint density at radius 1 is 0.852 bits per heavy atom. The lowest BCUT2D eigenvalue weighted by molar-refractivity contribution is 0.0972. The molecule has 4 rings (SSSR count). The number of imidazole rings is 1. The van der Waals surface area contributed by atoms with Gasteiger partial charge in [-0.3, -0.25) is 4.79 Å². The highest BCUT2D eigenvalue weighted by atomic mass is 35.5. The maximum Gasteiger partial charge on any atom is 0.182 e. The van der Waals surface area contributed by atoms with Crippen molar-refractivity contribution in [2.45, 2.75) is 13.0 Å². The van der Waals surface area contributed by atoms with E-state index in [2.05, 4.69) is 0 Å². The molecule has 0 aliphatic rings. The van der Waals surface area contributed by atoms with Gasteiger partial charge < -0.3 is 4.57 Å². The minimum absolute atomic E-state index is 0.0205. The van der Waals surface area contributed by atoms with Gasteiger partial charge in [-0.25, -0.2) is 4.98 Å². The van der Waals surface area contributed by atoms with Crippen LogP contribution in [0.1, 0.15) is 21.7 Å². The largest absolute Gasteiger partial charge is 0.320 e. The SMILES string of the molecule is O=C(Cn1c(Cc2ccc(Cl)cc2)nc2ccccc21)c1ccc(Cl)cc1. The monoisotopic (exact) mass is 394 g/mol. The second-order valence-electron chi connectivity index (χ2n) is 6.34. The van der Waals surface area contributed by atoms with Gasteiger partial charge >= 0.3 is 0 Å². The summed E-state index contributed by atoms with van der Waals surface area (Å²) in [5.41, 5.74) is 3.55. The Morgan fingerprint density at radius 2 is 1.48 bits per heavy atom. The van der Waals surface area contributed by atoms with E-state index in [4.69, 9.17) is 28.2 Å². The maximum atomic E-state index is 12.8. The molecule has 4 aromatic rings. The van der Waals surface area contributed by atoms with E-state index in [0.717, 1.165) is 22.4 Å². The molecule has 0 fully saturated rings. The molecule has 0 saturated heterocycles. The highest BCUT2D eigenvalue weighted by Crippen LogP contribution is 2.21. The van der Waals surface area contributed by atoms with E-state index in [1.165, 1.54) is 0 Å². The number of carbonyl (C=O) groups excluding carboxylic acids is 1. The van der Waals surface area contributed by atoms with Crippen molar-refractivity contribution in [2.24, 2.45) is 0 Å². The number of aromatic nitrogens is 2. The van der Waals surface area contributed by atoms with Crippen LogP contribution in [0.5, 0.6) is 0 Å². The highest BCUT2D eigenvalue weighted by Gasteiger charge is 2.15. The van der Waals surface area contributed by atoms with E-state index in [9.17, 15) is 4.79 Å². The minimum atomic E-state index is 0.0205. The summed E-state index contributed by atoms with van der Waals surface area (Å²) in [5.74, 6) is 0.869. The number of rotatable bonds is 5. The van der Waals surface area contributed by atoms with Crippen LogP contribution in [0.25, 0.3) is 11.0 Å². The normalized spacial score (nSPS) is 11.0. The molecule has 0 unspecified atom stereocenters. The van der Waals surface area contributed by atoms with Crippen molar-refractivity contribution in [3.8, 4) is 0 Å². The number of hydrogen-bond donors (Lipinski definition) is 0. The fraction of sp³-hybridized carbons (Fsp3) is 0.0909. The number of ketones is 1. The molecule has 3 aromatic carbocycles. The van der Waals surface area contributed by atoms with Gasteiger partial charge in [0.25, 0.3) is 0 Å². The molecule has 27 heavy (non-hydrogen) atoms. The highest BCUT2D eigenvalue weighted by molar-refractivity contribution is 6.30. The summed E-state index contributed by atoms with van der Waals surface area (Å²) in [7, 11) is 0. The van der Waals surface area contributed by atoms with Crippen LogP contribution in [0.2, 0.25) is 10.0 Å². The van der Waals surface area contributed by atoms with Crippen LogP contribution < -0.4 is 0 Å². The molecule has 5 heteroatoms. The lowest BCUT2D eigenvalue weighted by atomic mass is 10.1. The van der Waals surface area contributed by atoms with Gasteiger partial charge in [-0.2, -0.15) is 0 Å². The Morgan fingerprint density at radius 3 is 2.19 bits per heavy atom. The summed E-state index contributed by atoms with van der Waals surface area (Å²) in [6.45, 7) is 0.227. The first-order valence-electron chi connectivity index (χ1n) is 8.57. The zero-order chi connectivity index (χ0) is 18.8. The van der Waals surface area contributed by atoms with E-state index in [1.807, 2.05) is 53.1 Å². The molecule has 1 heterocycles. The smallest absolute Gasteiger partial charge is 0.182 e. The first-order chi connectivity index (χ1) is 13.1. The summed E-state index contributed by atoms with van der Waals surface area (Å²) in [4.78, 5) is 17.6. The molecule has 3 nitrogen and oxygen atoms in total. The van der Waals surface area contributed by atoms with Gasteiger partial charge in [0, 0.05) is 22.0 Å². The first kappa shape index (κ1) is 17.8. The van der Waals surface area contributed by atoms with Gasteiger partial charge in [-0.15, -0.1) is 0 Å². The number of nitrogens with zero attached hydrogens (tertiary/aromatic N) is 2. The zero-order valence-corrected chi connectivity index (χ0v) is 15.9. The third-order valence-corrected chi connectivity index (χ3v) is 4.98. The Kier molecular flexibility index (Phi) is 4.97. The number of benzene rings is 3. The lowest BCUT2D eigenvalue weighted by Gasteiger charge is -2.09. The van der Waals surface area contributed by atoms with Crippen LogP contribution in [0.4, 0.5) is 0 Å². The second kappa shape index (κ2) is 7.55. The third-order valence-electron chi connectivity index (χ3n) is 4.48. The summed E-state index contributed by atoms with van der Waals surface area (Å²) >= 11 is 11.9. The Balaban J connectivity index is 1.70. The number of hydrogen-bond acceptors (Lipinski definition) is 2. The number of fused-ring (bicyclic) bond motifs is 1. The van der Waals surface area contributed by atoms with E-state index in [1.54, 1.807) is 24.3 Å². The zero-order valence-electron chi connectivity index (χ0n) is 14.4. The molecule has 0 aliphatic carbocycles. The molecule has 0 N–H and O–H groups in total. The van der Waals surface area contributed by atoms with Crippen molar-refractivity contribution in [1.29, 1.82) is 0 Å². The van der Waals surface area contributed by atoms with E-state index in [0.29, 0.717) is 22.0 Å². The van der Waals surface area contributed by atoms with Crippen LogP contribution >= 0.6 is 23.2 Å². The van der Waals surface area contributed by atoms with Crippen LogP contribution in [0.15, 0.2) is 72.8 Å². The molecule has 134 valence electrons. The molecular formula is C22H16Cl2N2O. The summed E-state index contributed by atoms with van der Waals surface area (Å²) in [5, 5.41) is 1.31. The topological polar surface area (TPSA) is 34.9 Å². The fourth-order valence-electron chi connectivity index (χ4n) is 3.09. The van der Waals surface area contributed by atoms with Crippen molar-refractivity contribution in [3.05, 3.63) is 99.8 Å². The van der Waals surface area contributed by atoms with Crippen molar-refractivity contribution in [3.63, 3.8) is 0 Å². The lowest BCUT2D eigenvalue weighted by Crippen LogP contribution is -2.13. The predicted octanol–water partition coefficient (Wildman–Crippen LogP) is 5.82. The molecule has 1 aromatic heterocycles. The van der Waals surface area contributed by atoms with Gasteiger partial charge in [0.05, 0.1) is 17.6 Å². The molecule has 0 aliphatic heterocycles. The quantitative estimate of drug-likeness (QED) is 0.399. The first-order valence-corrected chi connectivity index (χ1v) is 9.33. The Bertz CT molecular complexity index is 1100. The van der Waals surface area contributed by atoms with Crippen LogP contribution in [0.3, 0.4) is 0 Å². The van der Waals surface area contributed by atoms with Gasteiger partial charge in [0.2, 0.25) is 0 Å². The Labute approximate surface area is 167 Å². The molecule has 0 radical (unpaired) electrons. The van der Waals surface area contributed by atoms with Gasteiger partial charge in [-0.1, -0.05) is 47.5 Å². The molecule has 0 saturated carbocycles. The van der Waals surface area contributed by atoms with Crippen molar-refractivity contribution >= 4 is 40.0 Å². The van der Waals surface area contributed by atoms with Crippen LogP contribution in [0, 0.1) is 0 Å². The van der Waals surface area contributed by atoms with Crippen LogP contribution in [-0.4, -0.2) is 15.3 Å². The third kappa shape index (κ3) is 3.90. The van der Waals surface area contributed by atoms with Crippen molar-refractivity contribution in [2.75, 3.05) is 0 Å². The Hall–Kier alpha value is -2.62. The predicted molar refractivity (Wildman–Crippen MR) is 110 cm³/mol. The summed E-state index contributed by atoms with van der Waals surface area (Å²) in [6, 6.07) is 22.5. The van der Waals surface area contributed by atoms with E-state index in [-0.39, 0.29) is 12.3 Å². The maximum absolute atomic E-state index is 12.8. The molecule has 0 spiro atoms. The molecule has 0 amide bonds. The van der Waals surface area contributed by atoms with E-state index < -0.39 is 0 Å². The van der Waals surface area contributed by atoms with Gasteiger partial charge in [-0.05, 0) is 54.1 Å². The number of carbonyl (C=O) groups is 1. The number of Topliss-reactive ketones (excluding diaryl/α,β-unsaturated/α-hetero) is 1. The summed E-state index contributed by atoms with van der Waals surface area (Å²) < 4.78 is 1.99. The van der Waals surface area contributed by atoms with Gasteiger partial charge in [0.15, 0.2) is 5.78 Å². The standard InChI is InChI=1S/C22H16Cl2N2O/c23-17-9-5-15(6-10-17)13-22-25-19-3-1-2-4-20(19)26(22)14-21(27)16-7-11-18(24)12-8-16/h1-12H,13-14H2. The average molecular weight is 395 g/mol.